The third kappa shape index (κ3) is 5.56. The second-order valence-electron chi connectivity index (χ2n) is 6.86. The van der Waals surface area contributed by atoms with E-state index in [2.05, 4.69) is 44.5 Å². The van der Waals surface area contributed by atoms with Crippen molar-refractivity contribution < 1.29 is 4.79 Å². The first-order chi connectivity index (χ1) is 14.2. The molecule has 150 valence electrons. The highest BCUT2D eigenvalue weighted by atomic mass is 32.2. The van der Waals surface area contributed by atoms with Gasteiger partial charge in [0.25, 0.3) is 0 Å². The van der Waals surface area contributed by atoms with E-state index >= 15 is 0 Å². The van der Waals surface area contributed by atoms with Crippen molar-refractivity contribution in [3.8, 4) is 0 Å². The summed E-state index contributed by atoms with van der Waals surface area (Å²) in [5.74, 6) is 0.967. The quantitative estimate of drug-likeness (QED) is 0.642. The summed E-state index contributed by atoms with van der Waals surface area (Å²) >= 11 is 3.34. The molecule has 0 saturated carbocycles. The van der Waals surface area contributed by atoms with Crippen LogP contribution in [0.3, 0.4) is 0 Å². The molecule has 0 unspecified atom stereocenters. The zero-order chi connectivity index (χ0) is 20.1. The van der Waals surface area contributed by atoms with Crippen molar-refractivity contribution in [1.82, 2.24) is 19.8 Å². The van der Waals surface area contributed by atoms with E-state index in [4.69, 9.17) is 0 Å². The standard InChI is InChI=1S/C21H23N5OS2/c1-16(27)26-11-9-25(10-12-26)15-17-5-4-6-18(13-17)28-20-14-23-21(29-20)24-19-7-2-3-8-22-19/h2-8,13-14H,9-12,15H2,1H3,(H,22,23,24). The van der Waals surface area contributed by atoms with Crippen LogP contribution in [0.4, 0.5) is 10.9 Å². The van der Waals surface area contributed by atoms with E-state index in [9.17, 15) is 4.79 Å². The molecule has 1 aliphatic rings. The number of pyridine rings is 1. The second-order valence-corrected chi connectivity index (χ2v) is 9.26. The molecular weight excluding hydrogens is 402 g/mol. The van der Waals surface area contributed by atoms with Crippen LogP contribution in [-0.4, -0.2) is 51.9 Å². The largest absolute Gasteiger partial charge is 0.340 e. The van der Waals surface area contributed by atoms with Crippen LogP contribution in [0.5, 0.6) is 0 Å². The lowest BCUT2D eigenvalue weighted by Gasteiger charge is -2.34. The minimum atomic E-state index is 0.171. The van der Waals surface area contributed by atoms with Gasteiger partial charge in [-0.1, -0.05) is 41.3 Å². The molecule has 0 aliphatic carbocycles. The molecule has 1 amide bonds. The Morgan fingerprint density at radius 1 is 1.14 bits per heavy atom. The molecular formula is C21H23N5OS2. The Morgan fingerprint density at radius 2 is 2.00 bits per heavy atom. The van der Waals surface area contributed by atoms with E-state index in [1.54, 1.807) is 36.2 Å². The number of amides is 1. The average molecular weight is 426 g/mol. The molecule has 0 radical (unpaired) electrons. The van der Waals surface area contributed by atoms with Crippen molar-refractivity contribution in [2.24, 2.45) is 0 Å². The Bertz CT molecular complexity index is 954. The Morgan fingerprint density at radius 3 is 2.76 bits per heavy atom. The summed E-state index contributed by atoms with van der Waals surface area (Å²) in [5.41, 5.74) is 1.29. The third-order valence-electron chi connectivity index (χ3n) is 4.73. The number of nitrogens with one attached hydrogen (secondary N) is 1. The smallest absolute Gasteiger partial charge is 0.219 e. The number of benzene rings is 1. The lowest BCUT2D eigenvalue weighted by molar-refractivity contribution is -0.130. The molecule has 1 fully saturated rings. The van der Waals surface area contributed by atoms with Crippen LogP contribution in [0.15, 0.2) is 64.0 Å². The third-order valence-corrected chi connectivity index (χ3v) is 6.73. The first-order valence-corrected chi connectivity index (χ1v) is 11.2. The van der Waals surface area contributed by atoms with E-state index in [0.29, 0.717) is 0 Å². The van der Waals surface area contributed by atoms with E-state index in [0.717, 1.165) is 47.9 Å². The number of carbonyl (C=O) groups is 1. The number of hydrogen-bond donors (Lipinski definition) is 1. The normalized spacial score (nSPS) is 14.7. The molecule has 0 atom stereocenters. The monoisotopic (exact) mass is 425 g/mol. The zero-order valence-electron chi connectivity index (χ0n) is 16.2. The first-order valence-electron chi connectivity index (χ1n) is 9.54. The van der Waals surface area contributed by atoms with Crippen LogP contribution in [-0.2, 0) is 11.3 Å². The molecule has 1 aliphatic heterocycles. The van der Waals surface area contributed by atoms with Crippen LogP contribution in [0, 0.1) is 0 Å². The van der Waals surface area contributed by atoms with Crippen molar-refractivity contribution in [1.29, 1.82) is 0 Å². The van der Waals surface area contributed by atoms with Crippen molar-refractivity contribution in [3.63, 3.8) is 0 Å². The van der Waals surface area contributed by atoms with Crippen molar-refractivity contribution in [2.45, 2.75) is 22.6 Å². The summed E-state index contributed by atoms with van der Waals surface area (Å²) in [6, 6.07) is 14.4. The molecule has 6 nitrogen and oxygen atoms in total. The maximum atomic E-state index is 11.5. The van der Waals surface area contributed by atoms with Gasteiger partial charge in [-0.3, -0.25) is 9.69 Å². The maximum Gasteiger partial charge on any atom is 0.219 e. The SMILES string of the molecule is CC(=O)N1CCN(Cc2cccc(Sc3cnc(Nc4ccccn4)s3)c2)CC1. The number of anilines is 2. The molecule has 4 rings (SSSR count). The minimum Gasteiger partial charge on any atom is -0.340 e. The predicted octanol–water partition coefficient (Wildman–Crippen LogP) is 4.10. The van der Waals surface area contributed by atoms with Gasteiger partial charge in [0.15, 0.2) is 5.13 Å². The number of carbonyl (C=O) groups excluding carboxylic acids is 1. The van der Waals surface area contributed by atoms with Crippen LogP contribution < -0.4 is 5.32 Å². The minimum absolute atomic E-state index is 0.171. The Balaban J connectivity index is 1.34. The second kappa shape index (κ2) is 9.39. The van der Waals surface area contributed by atoms with Crippen LogP contribution >= 0.6 is 23.1 Å². The predicted molar refractivity (Wildman–Crippen MR) is 118 cm³/mol. The van der Waals surface area contributed by atoms with Crippen molar-refractivity contribution in [3.05, 3.63) is 60.4 Å². The fourth-order valence-electron chi connectivity index (χ4n) is 3.21. The van der Waals surface area contributed by atoms with Gasteiger partial charge in [0.2, 0.25) is 5.91 Å². The summed E-state index contributed by atoms with van der Waals surface area (Å²) in [5, 5.41) is 4.07. The zero-order valence-corrected chi connectivity index (χ0v) is 17.9. The van der Waals surface area contributed by atoms with Crippen molar-refractivity contribution >= 4 is 40.0 Å². The number of aromatic nitrogens is 2. The Kier molecular flexibility index (Phi) is 6.43. The molecule has 1 aromatic carbocycles. The average Bonchev–Trinajstić information content (AvgIpc) is 3.16. The molecule has 3 heterocycles. The number of rotatable bonds is 6. The lowest BCUT2D eigenvalue weighted by Crippen LogP contribution is -2.47. The molecule has 2 aromatic heterocycles. The fraction of sp³-hybridized carbons (Fsp3) is 0.286. The highest BCUT2D eigenvalue weighted by Crippen LogP contribution is 2.35. The number of piperazine rings is 1. The molecule has 3 aromatic rings. The van der Waals surface area contributed by atoms with Crippen LogP contribution in [0.1, 0.15) is 12.5 Å². The van der Waals surface area contributed by atoms with Gasteiger partial charge < -0.3 is 10.2 Å². The molecule has 8 heteroatoms. The summed E-state index contributed by atoms with van der Waals surface area (Å²) in [6.45, 7) is 6.04. The highest BCUT2D eigenvalue weighted by molar-refractivity contribution is 8.01. The molecule has 1 N–H and O–H groups in total. The van der Waals surface area contributed by atoms with E-state index < -0.39 is 0 Å². The van der Waals surface area contributed by atoms with Gasteiger partial charge in [0, 0.05) is 50.7 Å². The van der Waals surface area contributed by atoms with Gasteiger partial charge in [-0.05, 0) is 29.8 Å². The van der Waals surface area contributed by atoms with E-state index in [1.807, 2.05) is 29.3 Å². The summed E-state index contributed by atoms with van der Waals surface area (Å²) in [6.07, 6.45) is 3.66. The summed E-state index contributed by atoms with van der Waals surface area (Å²) in [4.78, 5) is 25.7. The van der Waals surface area contributed by atoms with Gasteiger partial charge in [-0.2, -0.15) is 0 Å². The lowest BCUT2D eigenvalue weighted by atomic mass is 10.2. The highest BCUT2D eigenvalue weighted by Gasteiger charge is 2.18. The number of nitrogens with zero attached hydrogens (tertiary/aromatic N) is 4. The molecule has 1 saturated heterocycles. The molecule has 0 spiro atoms. The first kappa shape index (κ1) is 19.9. The molecule has 0 bridgehead atoms. The van der Waals surface area contributed by atoms with Gasteiger partial charge in [-0.25, -0.2) is 9.97 Å². The Hall–Kier alpha value is -2.42. The van der Waals surface area contributed by atoms with Gasteiger partial charge in [0.1, 0.15) is 5.82 Å². The number of hydrogen-bond acceptors (Lipinski definition) is 7. The van der Waals surface area contributed by atoms with Gasteiger partial charge >= 0.3 is 0 Å². The van der Waals surface area contributed by atoms with E-state index in [-0.39, 0.29) is 5.91 Å². The topological polar surface area (TPSA) is 61.4 Å². The molecule has 29 heavy (non-hydrogen) atoms. The van der Waals surface area contributed by atoms with Gasteiger partial charge in [0.05, 0.1) is 10.4 Å². The van der Waals surface area contributed by atoms with Crippen LogP contribution in [0.2, 0.25) is 0 Å². The maximum absolute atomic E-state index is 11.5. The van der Waals surface area contributed by atoms with Crippen LogP contribution in [0.25, 0.3) is 0 Å². The Labute approximate surface area is 179 Å². The van der Waals surface area contributed by atoms with Crippen molar-refractivity contribution in [2.75, 3.05) is 31.5 Å². The summed E-state index contributed by atoms with van der Waals surface area (Å²) < 4.78 is 1.13. The fourth-order valence-corrected chi connectivity index (χ4v) is 5.16. The van der Waals surface area contributed by atoms with E-state index in [1.165, 1.54) is 10.5 Å². The number of thiazole rings is 1. The summed E-state index contributed by atoms with van der Waals surface area (Å²) in [7, 11) is 0. The van der Waals surface area contributed by atoms with Gasteiger partial charge in [-0.15, -0.1) is 0 Å².